The van der Waals surface area contributed by atoms with E-state index < -0.39 is 0 Å². The van der Waals surface area contributed by atoms with E-state index in [9.17, 15) is 9.59 Å². The van der Waals surface area contributed by atoms with Crippen molar-refractivity contribution in [3.8, 4) is 0 Å². The Hall–Kier alpha value is -2.93. The first-order valence-corrected chi connectivity index (χ1v) is 10.3. The fraction of sp³-hybridized carbons (Fsp3) is 0.286. The van der Waals surface area contributed by atoms with Crippen LogP contribution in [-0.4, -0.2) is 26.9 Å². The smallest absolute Gasteiger partial charge is 0.297 e. The van der Waals surface area contributed by atoms with E-state index in [-0.39, 0.29) is 29.6 Å². The third-order valence-electron chi connectivity index (χ3n) is 5.46. The van der Waals surface area contributed by atoms with Gasteiger partial charge in [-0.1, -0.05) is 19.1 Å². The van der Waals surface area contributed by atoms with Crippen LogP contribution in [0.5, 0.6) is 0 Å². The lowest BCUT2D eigenvalue weighted by Crippen LogP contribution is -2.42. The van der Waals surface area contributed by atoms with Crippen molar-refractivity contribution in [2.75, 3.05) is 6.54 Å². The van der Waals surface area contributed by atoms with E-state index in [1.807, 2.05) is 29.2 Å². The molecule has 4 aromatic rings. The molecule has 1 atom stereocenters. The quantitative estimate of drug-likeness (QED) is 0.532. The number of rotatable bonds is 3. The molecule has 5 rings (SSSR count). The number of hydrogen-bond acceptors (Lipinski definition) is 5. The van der Waals surface area contributed by atoms with Gasteiger partial charge in [0.05, 0.1) is 12.4 Å². The molecule has 0 spiro atoms. The van der Waals surface area contributed by atoms with Gasteiger partial charge in [-0.2, -0.15) is 0 Å². The van der Waals surface area contributed by atoms with Gasteiger partial charge in [0, 0.05) is 16.8 Å². The number of furan rings is 1. The second-order valence-corrected chi connectivity index (χ2v) is 8.01. The number of aromatic nitrogens is 2. The fourth-order valence-corrected chi connectivity index (χ4v) is 5.03. The molecule has 1 aliphatic rings. The van der Waals surface area contributed by atoms with E-state index in [0.717, 1.165) is 18.2 Å². The van der Waals surface area contributed by atoms with Crippen LogP contribution in [0, 0.1) is 0 Å². The van der Waals surface area contributed by atoms with Crippen LogP contribution in [0.3, 0.4) is 0 Å². The zero-order valence-corrected chi connectivity index (χ0v) is 16.2. The van der Waals surface area contributed by atoms with Crippen molar-refractivity contribution in [3.63, 3.8) is 0 Å². The number of thiophene rings is 1. The lowest BCUT2D eigenvalue weighted by molar-refractivity contribution is -0.134. The van der Waals surface area contributed by atoms with Gasteiger partial charge < -0.3 is 9.32 Å². The predicted octanol–water partition coefficient (Wildman–Crippen LogP) is 3.74. The van der Waals surface area contributed by atoms with Crippen molar-refractivity contribution in [2.45, 2.75) is 32.4 Å². The first-order valence-electron chi connectivity index (χ1n) is 9.39. The van der Waals surface area contributed by atoms with Crippen molar-refractivity contribution in [1.29, 1.82) is 0 Å². The van der Waals surface area contributed by atoms with E-state index in [1.165, 1.54) is 21.3 Å². The molecule has 7 heteroatoms. The molecular weight excluding hydrogens is 374 g/mol. The van der Waals surface area contributed by atoms with Gasteiger partial charge in [-0.15, -0.1) is 11.3 Å². The van der Waals surface area contributed by atoms with E-state index in [4.69, 9.17) is 4.42 Å². The molecule has 1 amide bonds. The number of carbonyl (C=O) groups excluding carboxylic acids is 1. The lowest BCUT2D eigenvalue weighted by atomic mass is 9.98. The highest BCUT2D eigenvalue weighted by Gasteiger charge is 2.30. The van der Waals surface area contributed by atoms with Crippen LogP contribution in [-0.2, 0) is 17.8 Å². The Kier molecular flexibility index (Phi) is 4.05. The first-order chi connectivity index (χ1) is 13.7. The Balaban J connectivity index is 1.48. The van der Waals surface area contributed by atoms with E-state index in [0.29, 0.717) is 17.6 Å². The van der Waals surface area contributed by atoms with Crippen LogP contribution in [0.1, 0.15) is 29.8 Å². The SMILES string of the molecule is CCC1c2ccsc2CCN1C(=O)Cn1cnc2c(oc3ccccc32)c1=O. The summed E-state index contributed by atoms with van der Waals surface area (Å²) in [4.78, 5) is 33.6. The molecule has 1 unspecified atom stereocenters. The van der Waals surface area contributed by atoms with Crippen LogP contribution in [0.4, 0.5) is 0 Å². The summed E-state index contributed by atoms with van der Waals surface area (Å²) in [6, 6.07) is 9.61. The van der Waals surface area contributed by atoms with Crippen LogP contribution in [0.15, 0.2) is 51.3 Å². The molecule has 0 bridgehead atoms. The second kappa shape index (κ2) is 6.60. The molecule has 0 aliphatic carbocycles. The fourth-order valence-electron chi connectivity index (χ4n) is 4.10. The monoisotopic (exact) mass is 393 g/mol. The van der Waals surface area contributed by atoms with Crippen LogP contribution in [0.2, 0.25) is 0 Å². The molecule has 6 nitrogen and oxygen atoms in total. The molecule has 0 saturated heterocycles. The van der Waals surface area contributed by atoms with Gasteiger partial charge >= 0.3 is 0 Å². The Bertz CT molecular complexity index is 1250. The van der Waals surface area contributed by atoms with E-state index in [1.54, 1.807) is 11.3 Å². The molecule has 3 aromatic heterocycles. The minimum atomic E-state index is -0.323. The number of para-hydroxylation sites is 1. The largest absolute Gasteiger partial charge is 0.448 e. The van der Waals surface area contributed by atoms with Gasteiger partial charge in [0.25, 0.3) is 5.56 Å². The lowest BCUT2D eigenvalue weighted by Gasteiger charge is -2.35. The molecule has 0 N–H and O–H groups in total. The molecule has 1 aromatic carbocycles. The van der Waals surface area contributed by atoms with Gasteiger partial charge in [-0.05, 0) is 42.0 Å². The normalized spacial score (nSPS) is 16.6. The summed E-state index contributed by atoms with van der Waals surface area (Å²) < 4.78 is 7.06. The number of fused-ring (bicyclic) bond motifs is 4. The maximum Gasteiger partial charge on any atom is 0.297 e. The third kappa shape index (κ3) is 2.57. The molecule has 4 heterocycles. The summed E-state index contributed by atoms with van der Waals surface area (Å²) in [6.45, 7) is 2.74. The van der Waals surface area contributed by atoms with Gasteiger partial charge in [-0.25, -0.2) is 4.98 Å². The summed E-state index contributed by atoms with van der Waals surface area (Å²) in [5, 5.41) is 2.89. The van der Waals surface area contributed by atoms with Crippen molar-refractivity contribution >= 4 is 39.3 Å². The van der Waals surface area contributed by atoms with Crippen LogP contribution in [0.25, 0.3) is 22.1 Å². The molecule has 0 radical (unpaired) electrons. The van der Waals surface area contributed by atoms with Gasteiger partial charge in [0.15, 0.2) is 0 Å². The molecule has 28 heavy (non-hydrogen) atoms. The zero-order chi connectivity index (χ0) is 19.3. The average Bonchev–Trinajstić information content (AvgIpc) is 3.34. The minimum absolute atomic E-state index is 0.0329. The molecular formula is C21H19N3O3S. The summed E-state index contributed by atoms with van der Waals surface area (Å²) in [6.07, 6.45) is 3.17. The van der Waals surface area contributed by atoms with Gasteiger partial charge in [0.1, 0.15) is 17.6 Å². The standard InChI is InChI=1S/C21H19N3O3S/c1-2-15-13-8-10-28-17(13)7-9-24(15)18(25)11-23-12-22-19-14-5-3-4-6-16(14)27-20(19)21(23)26/h3-6,8,10,12,15H,2,7,9,11H2,1H3. The maximum absolute atomic E-state index is 13.0. The molecule has 142 valence electrons. The number of hydrogen-bond donors (Lipinski definition) is 0. The number of amides is 1. The first kappa shape index (κ1) is 17.2. The van der Waals surface area contributed by atoms with Crippen molar-refractivity contribution in [2.24, 2.45) is 0 Å². The second-order valence-electron chi connectivity index (χ2n) is 7.01. The summed E-state index contributed by atoms with van der Waals surface area (Å²) in [7, 11) is 0. The molecule has 0 fully saturated rings. The summed E-state index contributed by atoms with van der Waals surface area (Å²) >= 11 is 1.75. The van der Waals surface area contributed by atoms with Gasteiger partial charge in [-0.3, -0.25) is 14.2 Å². The topological polar surface area (TPSA) is 68.3 Å². The highest BCUT2D eigenvalue weighted by Crippen LogP contribution is 2.35. The number of benzene rings is 1. The highest BCUT2D eigenvalue weighted by molar-refractivity contribution is 7.10. The van der Waals surface area contributed by atoms with Crippen LogP contribution < -0.4 is 5.56 Å². The van der Waals surface area contributed by atoms with Gasteiger partial charge in [0.2, 0.25) is 11.5 Å². The maximum atomic E-state index is 13.0. The predicted molar refractivity (Wildman–Crippen MR) is 109 cm³/mol. The van der Waals surface area contributed by atoms with Crippen LogP contribution >= 0.6 is 11.3 Å². The Morgan fingerprint density at radius 3 is 3.04 bits per heavy atom. The van der Waals surface area contributed by atoms with E-state index in [2.05, 4.69) is 23.4 Å². The Labute approximate surface area is 165 Å². The number of carbonyl (C=O) groups is 1. The highest BCUT2D eigenvalue weighted by atomic mass is 32.1. The summed E-state index contributed by atoms with van der Waals surface area (Å²) in [5.41, 5.74) is 2.28. The molecule has 0 saturated carbocycles. The Morgan fingerprint density at radius 2 is 2.18 bits per heavy atom. The minimum Gasteiger partial charge on any atom is -0.448 e. The Morgan fingerprint density at radius 1 is 1.32 bits per heavy atom. The molecule has 1 aliphatic heterocycles. The zero-order valence-electron chi connectivity index (χ0n) is 15.4. The van der Waals surface area contributed by atoms with E-state index >= 15 is 0 Å². The summed E-state index contributed by atoms with van der Waals surface area (Å²) in [5.74, 6) is -0.0666. The average molecular weight is 393 g/mol. The van der Waals surface area contributed by atoms with Crippen molar-refractivity contribution in [1.82, 2.24) is 14.5 Å². The number of nitrogens with zero attached hydrogens (tertiary/aromatic N) is 3. The van der Waals surface area contributed by atoms with Crippen molar-refractivity contribution in [3.05, 3.63) is 62.8 Å². The van der Waals surface area contributed by atoms with Crippen molar-refractivity contribution < 1.29 is 9.21 Å². The third-order valence-corrected chi connectivity index (χ3v) is 6.45.